The Kier molecular flexibility index (Phi) is 5.49. The highest BCUT2D eigenvalue weighted by molar-refractivity contribution is 6.00. The van der Waals surface area contributed by atoms with Crippen LogP contribution in [0, 0.1) is 0 Å². The monoisotopic (exact) mass is 408 g/mol. The van der Waals surface area contributed by atoms with Crippen molar-refractivity contribution in [1.82, 2.24) is 19.5 Å². The normalized spacial score (nSPS) is 19.9. The minimum absolute atomic E-state index is 0.0174. The number of hydrogen-bond acceptors (Lipinski definition) is 7. The molecule has 3 rings (SSSR count). The lowest BCUT2D eigenvalue weighted by molar-refractivity contribution is -0.137. The number of aliphatic imine (C=N–C) groups is 1. The molecule has 0 fully saturated rings. The number of anilines is 2. The van der Waals surface area contributed by atoms with Crippen LogP contribution in [0.5, 0.6) is 0 Å². The van der Waals surface area contributed by atoms with Gasteiger partial charge in [-0.3, -0.25) is 4.99 Å². The standard InChI is InChI=1S/C18H23F3N8/c1-11(26-10-17(2)4-6-29-7-5-24-15(17)29)13(8-22)27-16-25-9-12(18(19,20)21)14(23-3)28-16/h5,7-9H,4,6,10,22H2,1-3H3,(H2,23,25,27,28)/b13-8+,26-11-/t17-/m1/s1. The molecule has 11 heteroatoms. The van der Waals surface area contributed by atoms with Crippen LogP contribution in [-0.2, 0) is 18.1 Å². The number of aryl methyl sites for hydroxylation is 1. The quantitative estimate of drug-likeness (QED) is 0.635. The van der Waals surface area contributed by atoms with Gasteiger partial charge in [0.25, 0.3) is 0 Å². The molecule has 1 atom stereocenters. The fraction of sp³-hybridized carbons (Fsp3) is 0.444. The predicted octanol–water partition coefficient (Wildman–Crippen LogP) is 2.77. The summed E-state index contributed by atoms with van der Waals surface area (Å²) in [5.41, 5.74) is 5.57. The van der Waals surface area contributed by atoms with Crippen LogP contribution in [0.25, 0.3) is 0 Å². The Labute approximate surface area is 166 Å². The molecular formula is C18H23F3N8. The molecule has 0 spiro atoms. The second kappa shape index (κ2) is 7.72. The fourth-order valence-corrected chi connectivity index (χ4v) is 3.23. The lowest BCUT2D eigenvalue weighted by Crippen LogP contribution is -2.25. The number of fused-ring (bicyclic) bond motifs is 1. The maximum Gasteiger partial charge on any atom is 0.421 e. The lowest BCUT2D eigenvalue weighted by atomic mass is 9.88. The van der Waals surface area contributed by atoms with Crippen molar-refractivity contribution in [2.45, 2.75) is 38.4 Å². The lowest BCUT2D eigenvalue weighted by Gasteiger charge is -2.20. The van der Waals surface area contributed by atoms with Gasteiger partial charge in [0, 0.05) is 43.8 Å². The number of aromatic nitrogens is 4. The first-order valence-corrected chi connectivity index (χ1v) is 9.02. The topological polar surface area (TPSA) is 106 Å². The van der Waals surface area contributed by atoms with Gasteiger partial charge in [0.15, 0.2) is 0 Å². The Morgan fingerprint density at radius 1 is 1.41 bits per heavy atom. The number of imidazole rings is 1. The van der Waals surface area contributed by atoms with Gasteiger partial charge in [-0.1, -0.05) is 6.92 Å². The second-order valence-corrected chi connectivity index (χ2v) is 7.07. The second-order valence-electron chi connectivity index (χ2n) is 7.07. The molecule has 0 aromatic carbocycles. The van der Waals surface area contributed by atoms with E-state index in [1.165, 1.54) is 13.2 Å². The molecule has 0 saturated heterocycles. The summed E-state index contributed by atoms with van der Waals surface area (Å²) in [6.45, 7) is 5.27. The molecule has 3 heterocycles. The highest BCUT2D eigenvalue weighted by atomic mass is 19.4. The number of rotatable bonds is 6. The molecule has 0 aliphatic carbocycles. The number of nitrogens with two attached hydrogens (primary N) is 1. The first-order chi connectivity index (χ1) is 13.7. The maximum atomic E-state index is 13.0. The summed E-state index contributed by atoms with van der Waals surface area (Å²) in [6.07, 6.45) is 2.11. The fourth-order valence-electron chi connectivity index (χ4n) is 3.23. The van der Waals surface area contributed by atoms with E-state index < -0.39 is 11.7 Å². The number of nitrogens with one attached hydrogen (secondary N) is 2. The van der Waals surface area contributed by atoms with Crippen LogP contribution in [0.4, 0.5) is 24.9 Å². The van der Waals surface area contributed by atoms with Gasteiger partial charge < -0.3 is 20.9 Å². The van der Waals surface area contributed by atoms with Crippen molar-refractivity contribution in [1.29, 1.82) is 0 Å². The smallest absolute Gasteiger partial charge is 0.403 e. The Hall–Kier alpha value is -3.11. The van der Waals surface area contributed by atoms with Gasteiger partial charge in [0.05, 0.1) is 18.0 Å². The third-order valence-electron chi connectivity index (χ3n) is 4.96. The average Bonchev–Trinajstić information content (AvgIpc) is 3.28. The first-order valence-electron chi connectivity index (χ1n) is 9.02. The molecule has 0 unspecified atom stereocenters. The van der Waals surface area contributed by atoms with Crippen molar-refractivity contribution >= 4 is 17.5 Å². The van der Waals surface area contributed by atoms with Crippen LogP contribution in [0.15, 0.2) is 35.5 Å². The minimum atomic E-state index is -4.55. The van der Waals surface area contributed by atoms with Crippen LogP contribution in [0.2, 0.25) is 0 Å². The Morgan fingerprint density at radius 2 is 2.17 bits per heavy atom. The molecule has 1 aliphatic rings. The zero-order valence-corrected chi connectivity index (χ0v) is 16.4. The van der Waals surface area contributed by atoms with Crippen molar-refractivity contribution in [2.24, 2.45) is 10.7 Å². The first kappa shape index (κ1) is 20.6. The summed E-state index contributed by atoms with van der Waals surface area (Å²) in [5, 5.41) is 5.27. The highest BCUT2D eigenvalue weighted by Crippen LogP contribution is 2.34. The zero-order chi connectivity index (χ0) is 21.2. The molecule has 0 radical (unpaired) electrons. The van der Waals surface area contributed by atoms with Crippen molar-refractivity contribution in [3.8, 4) is 0 Å². The number of nitrogens with zero attached hydrogens (tertiary/aromatic N) is 5. The molecule has 0 amide bonds. The summed E-state index contributed by atoms with van der Waals surface area (Å²) in [7, 11) is 1.36. The van der Waals surface area contributed by atoms with Gasteiger partial charge >= 0.3 is 6.18 Å². The molecule has 2 aromatic heterocycles. The van der Waals surface area contributed by atoms with Crippen molar-refractivity contribution in [3.05, 3.63) is 41.9 Å². The highest BCUT2D eigenvalue weighted by Gasteiger charge is 2.36. The van der Waals surface area contributed by atoms with Crippen molar-refractivity contribution < 1.29 is 13.2 Å². The molecule has 4 N–H and O–H groups in total. The van der Waals surface area contributed by atoms with Gasteiger partial charge in [-0.15, -0.1) is 0 Å². The third-order valence-corrected chi connectivity index (χ3v) is 4.96. The van der Waals surface area contributed by atoms with E-state index >= 15 is 0 Å². The van der Waals surface area contributed by atoms with Crippen molar-refractivity contribution in [2.75, 3.05) is 24.2 Å². The Morgan fingerprint density at radius 3 is 2.83 bits per heavy atom. The molecule has 8 nitrogen and oxygen atoms in total. The van der Waals surface area contributed by atoms with E-state index in [0.717, 1.165) is 25.0 Å². The Bertz CT molecular complexity index is 947. The van der Waals surface area contributed by atoms with Crippen LogP contribution in [0.1, 0.15) is 31.7 Å². The van der Waals surface area contributed by atoms with Crippen LogP contribution in [-0.4, -0.2) is 38.8 Å². The van der Waals surface area contributed by atoms with Gasteiger partial charge in [-0.25, -0.2) is 9.97 Å². The molecule has 2 aromatic rings. The summed E-state index contributed by atoms with van der Waals surface area (Å²) in [4.78, 5) is 16.7. The number of halogens is 3. The van der Waals surface area contributed by atoms with Crippen LogP contribution >= 0.6 is 0 Å². The molecule has 0 saturated carbocycles. The third kappa shape index (κ3) is 4.17. The SMILES string of the molecule is CNc1nc(NC(=C/N)/C(C)=N\C[C@@]2(C)CCn3ccnc32)ncc1C(F)(F)F. The van der Waals surface area contributed by atoms with E-state index in [4.69, 9.17) is 5.73 Å². The average molecular weight is 408 g/mol. The number of hydrogen-bond donors (Lipinski definition) is 3. The van der Waals surface area contributed by atoms with E-state index in [0.29, 0.717) is 18.0 Å². The van der Waals surface area contributed by atoms with Gasteiger partial charge in [-0.2, -0.15) is 18.2 Å². The van der Waals surface area contributed by atoms with Crippen LogP contribution in [0.3, 0.4) is 0 Å². The number of allylic oxidation sites excluding steroid dienone is 1. The zero-order valence-electron chi connectivity index (χ0n) is 16.4. The molecule has 1 aliphatic heterocycles. The molecular weight excluding hydrogens is 385 g/mol. The summed E-state index contributed by atoms with van der Waals surface area (Å²) >= 11 is 0. The summed E-state index contributed by atoms with van der Waals surface area (Å²) in [6, 6.07) is 0. The van der Waals surface area contributed by atoms with Gasteiger partial charge in [0.2, 0.25) is 5.95 Å². The van der Waals surface area contributed by atoms with E-state index in [-0.39, 0.29) is 17.2 Å². The summed E-state index contributed by atoms with van der Waals surface area (Å²) in [5.74, 6) is 0.646. The molecule has 156 valence electrons. The minimum Gasteiger partial charge on any atom is -0.403 e. The predicted molar refractivity (Wildman–Crippen MR) is 105 cm³/mol. The van der Waals surface area contributed by atoms with E-state index in [2.05, 4.69) is 42.1 Å². The Balaban J connectivity index is 1.76. The van der Waals surface area contributed by atoms with E-state index in [9.17, 15) is 13.2 Å². The van der Waals surface area contributed by atoms with E-state index in [1.807, 2.05) is 6.20 Å². The van der Waals surface area contributed by atoms with E-state index in [1.54, 1.807) is 13.1 Å². The largest absolute Gasteiger partial charge is 0.421 e. The maximum absolute atomic E-state index is 13.0. The van der Waals surface area contributed by atoms with Crippen LogP contribution < -0.4 is 16.4 Å². The molecule has 29 heavy (non-hydrogen) atoms. The summed E-state index contributed by atoms with van der Waals surface area (Å²) < 4.78 is 41.1. The van der Waals surface area contributed by atoms with Gasteiger partial charge in [0.1, 0.15) is 17.2 Å². The van der Waals surface area contributed by atoms with Crippen molar-refractivity contribution in [3.63, 3.8) is 0 Å². The molecule has 0 bridgehead atoms. The van der Waals surface area contributed by atoms with Gasteiger partial charge in [-0.05, 0) is 13.3 Å². The number of alkyl halides is 3.